The van der Waals surface area contributed by atoms with Crippen molar-refractivity contribution in [1.82, 2.24) is 15.1 Å². The molecule has 0 atom stereocenters. The van der Waals surface area contributed by atoms with Gasteiger partial charge in [-0.1, -0.05) is 125 Å². The van der Waals surface area contributed by atoms with E-state index in [2.05, 4.69) is 46.3 Å². The molecule has 0 radical (unpaired) electrons. The molecule has 1 aliphatic heterocycles. The second-order valence-corrected chi connectivity index (χ2v) is 11.2. The smallest absolute Gasteiger partial charge is 0.259 e. The summed E-state index contributed by atoms with van der Waals surface area (Å²) in [4.78, 5) is 17.2. The van der Waals surface area contributed by atoms with Crippen LogP contribution in [0.4, 0.5) is 0 Å². The summed E-state index contributed by atoms with van der Waals surface area (Å²) in [6, 6.07) is 20.7. The quantitative estimate of drug-likeness (QED) is 0.137. The molecule has 1 heterocycles. The zero-order valence-corrected chi connectivity index (χ0v) is 23.7. The van der Waals surface area contributed by atoms with Crippen LogP contribution in [0, 0.1) is 10.1 Å². The Labute approximate surface area is 231 Å². The first kappa shape index (κ1) is 30.3. The van der Waals surface area contributed by atoms with Crippen LogP contribution in [0.3, 0.4) is 0 Å². The number of rotatable bonds is 18. The lowest BCUT2D eigenvalue weighted by Crippen LogP contribution is -2.58. The molecule has 0 aromatic heterocycles. The number of unbranched alkanes of at least 4 members (excludes halogenated alkanes) is 9. The predicted octanol–water partition coefficient (Wildman–Crippen LogP) is 6.53. The number of nitrogens with zero attached hydrogens (tertiary/aromatic N) is 3. The summed E-state index contributed by atoms with van der Waals surface area (Å²) in [5.41, 5.74) is 1.39. The maximum atomic E-state index is 12.7. The van der Waals surface area contributed by atoms with Gasteiger partial charge in [-0.3, -0.25) is 19.9 Å². The zero-order chi connectivity index (χ0) is 26.9. The molecule has 6 heteroatoms. The number of nitrogens with one attached hydrogen (secondary N) is 1. The average molecular weight is 523 g/mol. The van der Waals surface area contributed by atoms with Crippen molar-refractivity contribution in [3.63, 3.8) is 0 Å². The second-order valence-electron chi connectivity index (χ2n) is 11.2. The van der Waals surface area contributed by atoms with Gasteiger partial charge >= 0.3 is 0 Å². The van der Waals surface area contributed by atoms with Crippen molar-refractivity contribution in [2.75, 3.05) is 39.3 Å². The van der Waals surface area contributed by atoms with Crippen LogP contribution in [0.25, 0.3) is 0 Å². The Morgan fingerprint density at radius 2 is 1.18 bits per heavy atom. The van der Waals surface area contributed by atoms with E-state index in [4.69, 9.17) is 0 Å². The highest BCUT2D eigenvalue weighted by Crippen LogP contribution is 2.21. The van der Waals surface area contributed by atoms with Crippen molar-refractivity contribution in [3.8, 4) is 0 Å². The van der Waals surface area contributed by atoms with Gasteiger partial charge in [-0.2, -0.15) is 0 Å². The van der Waals surface area contributed by atoms with E-state index in [9.17, 15) is 10.1 Å². The average Bonchev–Trinajstić information content (AvgIpc) is 3.10. The summed E-state index contributed by atoms with van der Waals surface area (Å²) >= 11 is 0. The maximum Gasteiger partial charge on any atom is 0.259 e. The normalized spacial score (nSPS) is 16.3. The Hall–Kier alpha value is -2.28. The first-order valence-electron chi connectivity index (χ1n) is 15.0. The molecule has 1 fully saturated rings. The molecule has 38 heavy (non-hydrogen) atoms. The van der Waals surface area contributed by atoms with E-state index in [0.29, 0.717) is 19.6 Å². The minimum absolute atomic E-state index is 0.000150. The van der Waals surface area contributed by atoms with Gasteiger partial charge in [0.15, 0.2) is 0 Å². The van der Waals surface area contributed by atoms with Crippen LogP contribution in [-0.4, -0.2) is 59.5 Å². The van der Waals surface area contributed by atoms with E-state index in [1.54, 1.807) is 0 Å². The first-order chi connectivity index (χ1) is 18.6. The molecule has 210 valence electrons. The fourth-order valence-electron chi connectivity index (χ4n) is 5.63. The standard InChI is InChI=1S/C32H50N4O2/c1-2-3-4-5-6-7-8-9-10-17-22-33-27-32(36(37)38)28-34(25-30-18-13-11-14-19-30)23-24-35(29-32)26-31-20-15-12-16-21-31/h11-16,18-21,33H,2-10,17,22-29H2,1H3. The molecule has 1 aliphatic rings. The van der Waals surface area contributed by atoms with E-state index >= 15 is 0 Å². The number of nitro groups is 1. The molecule has 3 rings (SSSR count). The highest BCUT2D eigenvalue weighted by atomic mass is 16.6. The van der Waals surface area contributed by atoms with Gasteiger partial charge in [-0.05, 0) is 24.1 Å². The summed E-state index contributed by atoms with van der Waals surface area (Å²) in [5, 5.41) is 16.2. The van der Waals surface area contributed by atoms with Gasteiger partial charge in [0.2, 0.25) is 0 Å². The van der Waals surface area contributed by atoms with Crippen molar-refractivity contribution < 1.29 is 4.92 Å². The van der Waals surface area contributed by atoms with Gasteiger partial charge in [0.1, 0.15) is 0 Å². The maximum absolute atomic E-state index is 12.7. The fourth-order valence-corrected chi connectivity index (χ4v) is 5.63. The lowest BCUT2D eigenvalue weighted by molar-refractivity contribution is -0.568. The molecule has 6 nitrogen and oxygen atoms in total. The Morgan fingerprint density at radius 3 is 1.63 bits per heavy atom. The largest absolute Gasteiger partial charge is 0.310 e. The minimum atomic E-state index is -1.03. The Kier molecular flexibility index (Phi) is 13.8. The van der Waals surface area contributed by atoms with Crippen molar-refractivity contribution in [2.24, 2.45) is 0 Å². The summed E-state index contributed by atoms with van der Waals surface area (Å²) in [7, 11) is 0. The molecule has 0 aliphatic carbocycles. The van der Waals surface area contributed by atoms with Gasteiger partial charge < -0.3 is 5.32 Å². The van der Waals surface area contributed by atoms with Crippen LogP contribution < -0.4 is 5.32 Å². The van der Waals surface area contributed by atoms with E-state index in [-0.39, 0.29) is 4.92 Å². The summed E-state index contributed by atoms with van der Waals surface area (Å²) in [6.45, 7) is 7.60. The van der Waals surface area contributed by atoms with Gasteiger partial charge in [0.05, 0.1) is 19.6 Å². The third-order valence-electron chi connectivity index (χ3n) is 7.81. The van der Waals surface area contributed by atoms with Crippen molar-refractivity contribution >= 4 is 0 Å². The Bertz CT molecular complexity index is 841. The predicted molar refractivity (Wildman–Crippen MR) is 158 cm³/mol. The van der Waals surface area contributed by atoms with Crippen molar-refractivity contribution in [1.29, 1.82) is 0 Å². The highest BCUT2D eigenvalue weighted by Gasteiger charge is 2.47. The third-order valence-corrected chi connectivity index (χ3v) is 7.81. The summed E-state index contributed by atoms with van der Waals surface area (Å²) < 4.78 is 0. The molecule has 0 unspecified atom stereocenters. The lowest BCUT2D eigenvalue weighted by atomic mass is 9.98. The molecule has 2 aromatic carbocycles. The van der Waals surface area contributed by atoms with Gasteiger partial charge in [0, 0.05) is 31.1 Å². The molecule has 0 amide bonds. The Morgan fingerprint density at radius 1 is 0.737 bits per heavy atom. The van der Waals surface area contributed by atoms with Crippen molar-refractivity contribution in [3.05, 3.63) is 81.9 Å². The van der Waals surface area contributed by atoms with Crippen molar-refractivity contribution in [2.45, 2.75) is 89.8 Å². The third kappa shape index (κ3) is 10.8. The molecular formula is C32H50N4O2. The van der Waals surface area contributed by atoms with Crippen LogP contribution in [0.15, 0.2) is 60.7 Å². The van der Waals surface area contributed by atoms with Crippen LogP contribution in [0.5, 0.6) is 0 Å². The number of hydrogen-bond donors (Lipinski definition) is 1. The first-order valence-corrected chi connectivity index (χ1v) is 15.0. The summed E-state index contributed by atoms with van der Waals surface area (Å²) in [6.07, 6.45) is 13.0. The number of hydrogen-bond acceptors (Lipinski definition) is 5. The van der Waals surface area contributed by atoms with E-state index < -0.39 is 5.54 Å². The molecular weight excluding hydrogens is 472 g/mol. The van der Waals surface area contributed by atoms with Crippen LogP contribution in [-0.2, 0) is 13.1 Å². The van der Waals surface area contributed by atoms with Gasteiger partial charge in [-0.15, -0.1) is 0 Å². The molecule has 1 N–H and O–H groups in total. The molecule has 0 saturated carbocycles. The Balaban J connectivity index is 1.52. The molecule has 0 bridgehead atoms. The monoisotopic (exact) mass is 522 g/mol. The molecule has 2 aromatic rings. The van der Waals surface area contributed by atoms with Gasteiger partial charge in [0.25, 0.3) is 5.54 Å². The van der Waals surface area contributed by atoms with Crippen LogP contribution >= 0.6 is 0 Å². The number of benzene rings is 2. The van der Waals surface area contributed by atoms with Gasteiger partial charge in [-0.25, -0.2) is 0 Å². The lowest BCUT2D eigenvalue weighted by Gasteiger charge is -2.31. The SMILES string of the molecule is CCCCCCCCCCCCNCC1([N+](=O)[O-])CN(Cc2ccccc2)CCN(Cc2ccccc2)C1. The molecule has 0 spiro atoms. The van der Waals surface area contributed by atoms with E-state index in [1.807, 2.05) is 36.4 Å². The fraction of sp³-hybridized carbons (Fsp3) is 0.625. The van der Waals surface area contributed by atoms with Crippen LogP contribution in [0.1, 0.15) is 82.3 Å². The highest BCUT2D eigenvalue weighted by molar-refractivity contribution is 5.16. The van der Waals surface area contributed by atoms with E-state index in [1.165, 1.54) is 68.9 Å². The van der Waals surface area contributed by atoms with Crippen LogP contribution in [0.2, 0.25) is 0 Å². The zero-order valence-electron chi connectivity index (χ0n) is 23.7. The van der Waals surface area contributed by atoms with E-state index in [0.717, 1.165) is 39.1 Å². The second kappa shape index (κ2) is 17.3. The minimum Gasteiger partial charge on any atom is -0.310 e. The topological polar surface area (TPSA) is 61.7 Å². The molecule has 1 saturated heterocycles. The summed E-state index contributed by atoms with van der Waals surface area (Å²) in [5.74, 6) is 0.